The molecule has 18 heavy (non-hydrogen) atoms. The molecule has 2 bridgehead atoms. The molecule has 1 aromatic rings. The van der Waals surface area contributed by atoms with Crippen molar-refractivity contribution in [3.63, 3.8) is 0 Å². The summed E-state index contributed by atoms with van der Waals surface area (Å²) in [4.78, 5) is 0. The van der Waals surface area contributed by atoms with E-state index in [-0.39, 0.29) is 12.6 Å². The lowest BCUT2D eigenvalue weighted by Gasteiger charge is -2.25. The zero-order valence-electron chi connectivity index (χ0n) is 10.9. The van der Waals surface area contributed by atoms with Crippen LogP contribution in [0, 0.1) is 17.8 Å². The number of nitrogens with one attached hydrogen (secondary N) is 1. The Bertz CT molecular complexity index is 378. The van der Waals surface area contributed by atoms with E-state index in [1.54, 1.807) is 0 Å². The van der Waals surface area contributed by atoms with Crippen molar-refractivity contribution >= 4 is 0 Å². The second kappa shape index (κ2) is 5.41. The van der Waals surface area contributed by atoms with Crippen LogP contribution in [0.1, 0.15) is 37.3 Å². The van der Waals surface area contributed by atoms with Gasteiger partial charge >= 0.3 is 0 Å². The molecule has 4 unspecified atom stereocenters. The van der Waals surface area contributed by atoms with E-state index in [4.69, 9.17) is 0 Å². The summed E-state index contributed by atoms with van der Waals surface area (Å²) < 4.78 is 0. The summed E-state index contributed by atoms with van der Waals surface area (Å²) in [5.41, 5.74) is 1.20. The Balaban J connectivity index is 1.55. The average molecular weight is 245 g/mol. The highest BCUT2D eigenvalue weighted by molar-refractivity contribution is 5.18. The third-order valence-electron chi connectivity index (χ3n) is 4.90. The maximum Gasteiger partial charge on any atom is 0.0626 e. The lowest BCUT2D eigenvalue weighted by Crippen LogP contribution is -2.31. The largest absolute Gasteiger partial charge is 0.394 e. The number of rotatable bonds is 5. The lowest BCUT2D eigenvalue weighted by molar-refractivity contribution is 0.227. The van der Waals surface area contributed by atoms with E-state index < -0.39 is 0 Å². The van der Waals surface area contributed by atoms with E-state index >= 15 is 0 Å². The van der Waals surface area contributed by atoms with Gasteiger partial charge in [-0.1, -0.05) is 36.8 Å². The minimum absolute atomic E-state index is 0.102. The van der Waals surface area contributed by atoms with Crippen LogP contribution in [-0.2, 0) is 0 Å². The van der Waals surface area contributed by atoms with Crippen molar-refractivity contribution in [1.82, 2.24) is 5.32 Å². The summed E-state index contributed by atoms with van der Waals surface area (Å²) in [6.07, 6.45) is 5.77. The summed E-state index contributed by atoms with van der Waals surface area (Å²) in [6.45, 7) is 1.26. The van der Waals surface area contributed by atoms with E-state index in [0.717, 1.165) is 24.3 Å². The second-order valence-corrected chi connectivity index (χ2v) is 5.99. The van der Waals surface area contributed by atoms with Crippen LogP contribution in [0.4, 0.5) is 0 Å². The first kappa shape index (κ1) is 12.2. The van der Waals surface area contributed by atoms with E-state index in [1.165, 1.54) is 31.2 Å². The smallest absolute Gasteiger partial charge is 0.0626 e. The molecule has 4 atom stereocenters. The molecule has 0 amide bonds. The highest BCUT2D eigenvalue weighted by Crippen LogP contribution is 2.48. The minimum atomic E-state index is 0.102. The monoisotopic (exact) mass is 245 g/mol. The molecule has 2 heteroatoms. The summed E-state index contributed by atoms with van der Waals surface area (Å²) >= 11 is 0. The molecule has 2 nitrogen and oxygen atoms in total. The van der Waals surface area contributed by atoms with Gasteiger partial charge in [-0.3, -0.25) is 0 Å². The van der Waals surface area contributed by atoms with Gasteiger partial charge in [0.2, 0.25) is 0 Å². The normalized spacial score (nSPS) is 31.7. The Morgan fingerprint density at radius 2 is 2.00 bits per heavy atom. The average Bonchev–Trinajstić information content (AvgIpc) is 3.03. The first-order valence-electron chi connectivity index (χ1n) is 7.26. The molecular formula is C16H23NO. The summed E-state index contributed by atoms with van der Waals surface area (Å²) in [5, 5.41) is 13.1. The molecule has 2 aliphatic rings. The van der Waals surface area contributed by atoms with Gasteiger partial charge in [-0.05, 0) is 49.1 Å². The van der Waals surface area contributed by atoms with E-state index in [9.17, 15) is 5.11 Å². The van der Waals surface area contributed by atoms with Crippen LogP contribution in [0.15, 0.2) is 30.3 Å². The molecule has 3 rings (SSSR count). The van der Waals surface area contributed by atoms with Crippen LogP contribution in [0.3, 0.4) is 0 Å². The van der Waals surface area contributed by atoms with Gasteiger partial charge in [-0.15, -0.1) is 0 Å². The van der Waals surface area contributed by atoms with Gasteiger partial charge in [0.05, 0.1) is 12.6 Å². The van der Waals surface area contributed by atoms with E-state index in [2.05, 4.69) is 17.4 Å². The van der Waals surface area contributed by atoms with Crippen LogP contribution in [0.5, 0.6) is 0 Å². The number of benzene rings is 1. The van der Waals surface area contributed by atoms with Crippen molar-refractivity contribution in [3.05, 3.63) is 35.9 Å². The summed E-state index contributed by atoms with van der Waals surface area (Å²) in [5.74, 6) is 2.81. The Morgan fingerprint density at radius 1 is 1.17 bits per heavy atom. The first-order chi connectivity index (χ1) is 8.86. The van der Waals surface area contributed by atoms with Crippen molar-refractivity contribution in [2.75, 3.05) is 13.2 Å². The SMILES string of the molecule is OCC(NCC1CC2CCC1C2)c1ccccc1. The predicted octanol–water partition coefficient (Wildman–Crippen LogP) is 2.75. The fourth-order valence-corrected chi connectivity index (χ4v) is 3.89. The van der Waals surface area contributed by atoms with Crippen LogP contribution >= 0.6 is 0 Å². The first-order valence-corrected chi connectivity index (χ1v) is 7.26. The van der Waals surface area contributed by atoms with Gasteiger partial charge in [0.1, 0.15) is 0 Å². The molecule has 0 radical (unpaired) electrons. The van der Waals surface area contributed by atoms with Gasteiger partial charge in [0, 0.05) is 0 Å². The molecule has 0 spiro atoms. The summed E-state index contributed by atoms with van der Waals surface area (Å²) in [6, 6.07) is 10.4. The van der Waals surface area contributed by atoms with Crippen LogP contribution < -0.4 is 5.32 Å². The molecule has 2 fully saturated rings. The Labute approximate surface area is 109 Å². The molecule has 2 N–H and O–H groups in total. The van der Waals surface area contributed by atoms with Crippen molar-refractivity contribution < 1.29 is 5.11 Å². The number of aliphatic hydroxyl groups is 1. The van der Waals surface area contributed by atoms with Crippen LogP contribution in [0.25, 0.3) is 0 Å². The molecule has 2 saturated carbocycles. The van der Waals surface area contributed by atoms with E-state index in [1.807, 2.05) is 18.2 Å². The minimum Gasteiger partial charge on any atom is -0.394 e. The highest BCUT2D eigenvalue weighted by atomic mass is 16.3. The molecule has 0 heterocycles. The van der Waals surface area contributed by atoms with Crippen LogP contribution in [0.2, 0.25) is 0 Å². The zero-order valence-corrected chi connectivity index (χ0v) is 10.9. The molecule has 0 saturated heterocycles. The lowest BCUT2D eigenvalue weighted by atomic mass is 9.88. The summed E-state index contributed by atoms with van der Waals surface area (Å²) in [7, 11) is 0. The van der Waals surface area contributed by atoms with Gasteiger partial charge in [-0.25, -0.2) is 0 Å². The number of aliphatic hydroxyl groups excluding tert-OH is 1. The quantitative estimate of drug-likeness (QED) is 0.836. The standard InChI is InChI=1S/C16H23NO/c18-11-16(13-4-2-1-3-5-13)17-10-15-9-12-6-7-14(15)8-12/h1-5,12,14-18H,6-11H2. The fourth-order valence-electron chi connectivity index (χ4n) is 3.89. The van der Waals surface area contributed by atoms with Crippen molar-refractivity contribution in [1.29, 1.82) is 0 Å². The molecular weight excluding hydrogens is 222 g/mol. The Kier molecular flexibility index (Phi) is 3.67. The van der Waals surface area contributed by atoms with Gasteiger partial charge in [-0.2, -0.15) is 0 Å². The van der Waals surface area contributed by atoms with Gasteiger partial charge < -0.3 is 10.4 Å². The number of hydrogen-bond donors (Lipinski definition) is 2. The Hall–Kier alpha value is -0.860. The topological polar surface area (TPSA) is 32.3 Å². The maximum atomic E-state index is 9.52. The van der Waals surface area contributed by atoms with E-state index in [0.29, 0.717) is 0 Å². The zero-order chi connectivity index (χ0) is 12.4. The third-order valence-corrected chi connectivity index (χ3v) is 4.90. The number of hydrogen-bond acceptors (Lipinski definition) is 2. The van der Waals surface area contributed by atoms with Crippen molar-refractivity contribution in [3.8, 4) is 0 Å². The van der Waals surface area contributed by atoms with Crippen LogP contribution in [-0.4, -0.2) is 18.3 Å². The maximum absolute atomic E-state index is 9.52. The van der Waals surface area contributed by atoms with Gasteiger partial charge in [0.25, 0.3) is 0 Å². The molecule has 0 aliphatic heterocycles. The molecule has 0 aromatic heterocycles. The molecule has 98 valence electrons. The number of fused-ring (bicyclic) bond motifs is 2. The van der Waals surface area contributed by atoms with Crippen molar-refractivity contribution in [2.45, 2.75) is 31.7 Å². The molecule has 2 aliphatic carbocycles. The Morgan fingerprint density at radius 3 is 2.61 bits per heavy atom. The third kappa shape index (κ3) is 2.45. The molecule has 1 aromatic carbocycles. The van der Waals surface area contributed by atoms with Crippen molar-refractivity contribution in [2.24, 2.45) is 17.8 Å². The predicted molar refractivity (Wildman–Crippen MR) is 73.2 cm³/mol. The fraction of sp³-hybridized carbons (Fsp3) is 0.625. The van der Waals surface area contributed by atoms with Gasteiger partial charge in [0.15, 0.2) is 0 Å². The highest BCUT2D eigenvalue weighted by Gasteiger charge is 2.39. The second-order valence-electron chi connectivity index (χ2n) is 5.99.